The minimum Gasteiger partial charge on any atom is -0.465 e. The number of hydrogen-bond donors (Lipinski definition) is 2. The molecular formula is C10H21NO3. The Morgan fingerprint density at radius 3 is 2.71 bits per heavy atom. The maximum Gasteiger partial charge on any atom is 0.319 e. The third-order valence-electron chi connectivity index (χ3n) is 2.01. The predicted octanol–water partition coefficient (Wildman–Crippen LogP) is 0.690. The largest absolute Gasteiger partial charge is 0.465 e. The first-order valence-corrected chi connectivity index (χ1v) is 5.24. The van der Waals surface area contributed by atoms with Crippen LogP contribution in [-0.4, -0.2) is 36.9 Å². The molecule has 84 valence electrons. The van der Waals surface area contributed by atoms with Gasteiger partial charge in [0.25, 0.3) is 0 Å². The number of hydrogen-bond acceptors (Lipinski definition) is 4. The molecule has 2 N–H and O–H groups in total. The summed E-state index contributed by atoms with van der Waals surface area (Å²) in [7, 11) is 0. The van der Waals surface area contributed by atoms with Crippen molar-refractivity contribution in [3.8, 4) is 0 Å². The Morgan fingerprint density at radius 2 is 2.21 bits per heavy atom. The lowest BCUT2D eigenvalue weighted by atomic mass is 10.2. The molecule has 0 saturated carbocycles. The number of carbonyl (C=O) groups is 1. The average molecular weight is 203 g/mol. The summed E-state index contributed by atoms with van der Waals surface area (Å²) >= 11 is 0. The van der Waals surface area contributed by atoms with Gasteiger partial charge in [0, 0.05) is 6.04 Å². The van der Waals surface area contributed by atoms with Crippen LogP contribution >= 0.6 is 0 Å². The van der Waals surface area contributed by atoms with Gasteiger partial charge < -0.3 is 15.2 Å². The van der Waals surface area contributed by atoms with Crippen molar-refractivity contribution in [3.05, 3.63) is 0 Å². The van der Waals surface area contributed by atoms with Crippen molar-refractivity contribution in [1.82, 2.24) is 5.32 Å². The first-order valence-electron chi connectivity index (χ1n) is 5.24. The Bertz CT molecular complexity index is 146. The van der Waals surface area contributed by atoms with Crippen LogP contribution in [0.5, 0.6) is 0 Å². The van der Waals surface area contributed by atoms with Crippen LogP contribution in [-0.2, 0) is 9.53 Å². The number of nitrogens with one attached hydrogen (secondary N) is 1. The zero-order chi connectivity index (χ0) is 10.8. The van der Waals surface area contributed by atoms with E-state index in [4.69, 9.17) is 9.84 Å². The smallest absolute Gasteiger partial charge is 0.319 e. The van der Waals surface area contributed by atoms with Gasteiger partial charge in [-0.2, -0.15) is 0 Å². The molecule has 0 aromatic rings. The van der Waals surface area contributed by atoms with E-state index in [-0.39, 0.29) is 25.2 Å². The molecule has 0 aromatic carbocycles. The van der Waals surface area contributed by atoms with Gasteiger partial charge in [0.1, 0.15) is 0 Å². The molecule has 0 fully saturated rings. The van der Waals surface area contributed by atoms with Crippen molar-refractivity contribution in [1.29, 1.82) is 0 Å². The van der Waals surface area contributed by atoms with Crippen molar-refractivity contribution >= 4 is 5.97 Å². The topological polar surface area (TPSA) is 58.6 Å². The predicted molar refractivity (Wildman–Crippen MR) is 55.0 cm³/mol. The number of aliphatic hydroxyl groups is 1. The highest BCUT2D eigenvalue weighted by atomic mass is 16.5. The van der Waals surface area contributed by atoms with E-state index >= 15 is 0 Å². The van der Waals surface area contributed by atoms with Crippen LogP contribution in [0.2, 0.25) is 0 Å². The fourth-order valence-electron chi connectivity index (χ4n) is 0.947. The molecule has 0 heterocycles. The maximum absolute atomic E-state index is 11.1. The van der Waals surface area contributed by atoms with Crippen molar-refractivity contribution in [2.45, 2.75) is 39.2 Å². The summed E-state index contributed by atoms with van der Waals surface area (Å²) in [6, 6.07) is -0.00581. The van der Waals surface area contributed by atoms with Gasteiger partial charge in [0.15, 0.2) is 0 Å². The number of ether oxygens (including phenoxy) is 1. The molecule has 0 aliphatic carbocycles. The third kappa shape index (κ3) is 6.86. The van der Waals surface area contributed by atoms with Gasteiger partial charge in [-0.25, -0.2) is 0 Å². The standard InChI is InChI=1S/C10H21NO3/c1-3-5-6-14-10(13)7-11-9(4-2)8-12/h9,11-12H,3-8H2,1-2H3. The molecule has 0 saturated heterocycles. The number of unbranched alkanes of at least 4 members (excludes halogenated alkanes) is 1. The molecule has 4 heteroatoms. The van der Waals surface area contributed by atoms with E-state index in [0.29, 0.717) is 6.61 Å². The lowest BCUT2D eigenvalue weighted by molar-refractivity contribution is -0.142. The number of rotatable bonds is 8. The second-order valence-corrected chi connectivity index (χ2v) is 3.24. The van der Waals surface area contributed by atoms with Gasteiger partial charge in [-0.05, 0) is 12.8 Å². The van der Waals surface area contributed by atoms with Crippen LogP contribution in [0.3, 0.4) is 0 Å². The quantitative estimate of drug-likeness (QED) is 0.450. The molecule has 4 nitrogen and oxygen atoms in total. The van der Waals surface area contributed by atoms with Crippen molar-refractivity contribution in [3.63, 3.8) is 0 Å². The zero-order valence-electron chi connectivity index (χ0n) is 9.08. The van der Waals surface area contributed by atoms with Gasteiger partial charge in [-0.3, -0.25) is 4.79 Å². The Labute approximate surface area is 85.6 Å². The van der Waals surface area contributed by atoms with E-state index in [1.165, 1.54) is 0 Å². The molecular weight excluding hydrogens is 182 g/mol. The molecule has 14 heavy (non-hydrogen) atoms. The van der Waals surface area contributed by atoms with Crippen molar-refractivity contribution in [2.24, 2.45) is 0 Å². The van der Waals surface area contributed by atoms with Gasteiger partial charge in [-0.1, -0.05) is 20.3 Å². The molecule has 0 radical (unpaired) electrons. The second kappa shape index (κ2) is 8.97. The lowest BCUT2D eigenvalue weighted by Crippen LogP contribution is -2.36. The lowest BCUT2D eigenvalue weighted by Gasteiger charge is -2.12. The maximum atomic E-state index is 11.1. The van der Waals surface area contributed by atoms with E-state index in [1.54, 1.807) is 0 Å². The zero-order valence-corrected chi connectivity index (χ0v) is 9.08. The van der Waals surface area contributed by atoms with Crippen LogP contribution in [0.4, 0.5) is 0 Å². The Hall–Kier alpha value is -0.610. The highest BCUT2D eigenvalue weighted by molar-refractivity contribution is 5.71. The fraction of sp³-hybridized carbons (Fsp3) is 0.900. The molecule has 0 amide bonds. The normalized spacial score (nSPS) is 12.5. The van der Waals surface area contributed by atoms with Crippen LogP contribution < -0.4 is 5.32 Å². The van der Waals surface area contributed by atoms with Gasteiger partial charge >= 0.3 is 5.97 Å². The van der Waals surface area contributed by atoms with E-state index < -0.39 is 0 Å². The molecule has 1 unspecified atom stereocenters. The third-order valence-corrected chi connectivity index (χ3v) is 2.01. The number of esters is 1. The Balaban J connectivity index is 3.42. The first-order chi connectivity index (χ1) is 6.74. The van der Waals surface area contributed by atoms with Crippen molar-refractivity contribution < 1.29 is 14.6 Å². The summed E-state index contributed by atoms with van der Waals surface area (Å²) < 4.78 is 4.94. The summed E-state index contributed by atoms with van der Waals surface area (Å²) in [6.45, 7) is 4.73. The SMILES string of the molecule is CCCCOC(=O)CNC(CC)CO. The van der Waals surface area contributed by atoms with Gasteiger partial charge in [0.2, 0.25) is 0 Å². The minimum absolute atomic E-state index is 0.00581. The average Bonchev–Trinajstić information content (AvgIpc) is 2.20. The van der Waals surface area contributed by atoms with E-state index in [9.17, 15) is 4.79 Å². The number of aliphatic hydroxyl groups excluding tert-OH is 1. The van der Waals surface area contributed by atoms with Crippen LogP contribution in [0.15, 0.2) is 0 Å². The second-order valence-electron chi connectivity index (χ2n) is 3.24. The van der Waals surface area contributed by atoms with Gasteiger partial charge in [0.05, 0.1) is 19.8 Å². The van der Waals surface area contributed by atoms with E-state index in [1.807, 2.05) is 13.8 Å². The molecule has 0 rings (SSSR count). The van der Waals surface area contributed by atoms with Crippen LogP contribution in [0.1, 0.15) is 33.1 Å². The molecule has 0 aliphatic heterocycles. The Kier molecular flexibility index (Phi) is 8.57. The van der Waals surface area contributed by atoms with Crippen molar-refractivity contribution in [2.75, 3.05) is 19.8 Å². The summed E-state index contributed by atoms with van der Waals surface area (Å²) in [5.74, 6) is -0.245. The first kappa shape index (κ1) is 13.4. The Morgan fingerprint density at radius 1 is 1.50 bits per heavy atom. The molecule has 0 spiro atoms. The van der Waals surface area contributed by atoms with Gasteiger partial charge in [-0.15, -0.1) is 0 Å². The molecule has 0 aliphatic rings. The van der Waals surface area contributed by atoms with Crippen LogP contribution in [0, 0.1) is 0 Å². The summed E-state index contributed by atoms with van der Waals surface area (Å²) in [5, 5.41) is 11.8. The summed E-state index contributed by atoms with van der Waals surface area (Å²) in [4.78, 5) is 11.1. The monoisotopic (exact) mass is 203 g/mol. The summed E-state index contributed by atoms with van der Waals surface area (Å²) in [6.07, 6.45) is 2.73. The van der Waals surface area contributed by atoms with Crippen LogP contribution in [0.25, 0.3) is 0 Å². The molecule has 1 atom stereocenters. The molecule has 0 aromatic heterocycles. The van der Waals surface area contributed by atoms with E-state index in [2.05, 4.69) is 5.32 Å². The van der Waals surface area contributed by atoms with E-state index in [0.717, 1.165) is 19.3 Å². The highest BCUT2D eigenvalue weighted by Gasteiger charge is 2.07. The minimum atomic E-state index is -0.245. The molecule has 0 bridgehead atoms. The number of carbonyl (C=O) groups excluding carboxylic acids is 1. The highest BCUT2D eigenvalue weighted by Crippen LogP contribution is 1.90. The summed E-state index contributed by atoms with van der Waals surface area (Å²) in [5.41, 5.74) is 0. The fourth-order valence-corrected chi connectivity index (χ4v) is 0.947.